The van der Waals surface area contributed by atoms with Crippen molar-refractivity contribution in [2.75, 3.05) is 0 Å². The van der Waals surface area contributed by atoms with Gasteiger partial charge in [0.05, 0.1) is 0 Å². The molecule has 2 bridgehead atoms. The molecule has 2 saturated heterocycles. The Labute approximate surface area is 104 Å². The fourth-order valence-corrected chi connectivity index (χ4v) is 3.32. The summed E-state index contributed by atoms with van der Waals surface area (Å²) in [6.07, 6.45) is 8.30. The standard InChI is InChI=1S/C10H19N3.2ClH/c11-12-7-5-9-3-4-10(6-7)13(9)8-1-2-8;;/h7-10,12H,1-6,11H2;2*1H. The van der Waals surface area contributed by atoms with Crippen LogP contribution in [0.15, 0.2) is 0 Å². The molecule has 0 amide bonds. The highest BCUT2D eigenvalue weighted by Gasteiger charge is 2.46. The topological polar surface area (TPSA) is 41.3 Å². The van der Waals surface area contributed by atoms with Gasteiger partial charge in [-0.2, -0.15) is 0 Å². The van der Waals surface area contributed by atoms with Gasteiger partial charge in [-0.05, 0) is 38.5 Å². The van der Waals surface area contributed by atoms with Crippen LogP contribution in [0.5, 0.6) is 0 Å². The van der Waals surface area contributed by atoms with Gasteiger partial charge in [-0.25, -0.2) is 0 Å². The van der Waals surface area contributed by atoms with E-state index in [2.05, 4.69) is 10.3 Å². The predicted molar refractivity (Wildman–Crippen MR) is 66.5 cm³/mol. The van der Waals surface area contributed by atoms with Crippen molar-refractivity contribution >= 4 is 24.8 Å². The number of fused-ring (bicyclic) bond motifs is 2. The predicted octanol–water partition coefficient (Wildman–Crippen LogP) is 1.45. The minimum Gasteiger partial charge on any atom is -0.294 e. The molecular weight excluding hydrogens is 233 g/mol. The van der Waals surface area contributed by atoms with Crippen LogP contribution < -0.4 is 11.3 Å². The third-order valence-electron chi connectivity index (χ3n) is 3.99. The van der Waals surface area contributed by atoms with E-state index in [-0.39, 0.29) is 24.8 Å². The Morgan fingerprint density at radius 3 is 1.73 bits per heavy atom. The Hall–Kier alpha value is 0.460. The molecule has 3 nitrogen and oxygen atoms in total. The molecule has 0 aromatic heterocycles. The maximum atomic E-state index is 5.52. The highest BCUT2D eigenvalue weighted by Crippen LogP contribution is 2.43. The molecule has 2 aliphatic heterocycles. The molecule has 3 fully saturated rings. The first-order valence-corrected chi connectivity index (χ1v) is 5.62. The maximum Gasteiger partial charge on any atom is 0.0240 e. The zero-order valence-corrected chi connectivity index (χ0v) is 10.5. The lowest BCUT2D eigenvalue weighted by Crippen LogP contribution is -2.51. The first-order chi connectivity index (χ1) is 6.38. The molecule has 1 aliphatic carbocycles. The zero-order valence-electron chi connectivity index (χ0n) is 8.89. The Bertz CT molecular complexity index is 197. The van der Waals surface area contributed by atoms with Crippen LogP contribution in [-0.4, -0.2) is 29.1 Å². The SMILES string of the molecule is Cl.Cl.NNC1CC2CCC(C1)N2C1CC1. The summed E-state index contributed by atoms with van der Waals surface area (Å²) in [6, 6.07) is 3.25. The van der Waals surface area contributed by atoms with Gasteiger partial charge in [0.15, 0.2) is 0 Å². The third kappa shape index (κ3) is 2.42. The van der Waals surface area contributed by atoms with E-state index >= 15 is 0 Å². The molecule has 0 aromatic carbocycles. The van der Waals surface area contributed by atoms with E-state index in [9.17, 15) is 0 Å². The number of halogens is 2. The Morgan fingerprint density at radius 1 is 0.867 bits per heavy atom. The van der Waals surface area contributed by atoms with E-state index in [4.69, 9.17) is 5.84 Å². The monoisotopic (exact) mass is 253 g/mol. The van der Waals surface area contributed by atoms with Crippen molar-refractivity contribution in [1.82, 2.24) is 10.3 Å². The maximum absolute atomic E-state index is 5.52. The second-order valence-electron chi connectivity index (χ2n) is 4.90. The van der Waals surface area contributed by atoms with E-state index in [1.165, 1.54) is 38.5 Å². The summed E-state index contributed by atoms with van der Waals surface area (Å²) in [7, 11) is 0. The number of hydrazine groups is 1. The van der Waals surface area contributed by atoms with Gasteiger partial charge in [0.25, 0.3) is 0 Å². The number of nitrogens with one attached hydrogen (secondary N) is 1. The van der Waals surface area contributed by atoms with Crippen molar-refractivity contribution in [3.8, 4) is 0 Å². The number of hydrogen-bond acceptors (Lipinski definition) is 3. The molecule has 2 unspecified atom stereocenters. The van der Waals surface area contributed by atoms with Gasteiger partial charge in [-0.1, -0.05) is 0 Å². The van der Waals surface area contributed by atoms with Crippen molar-refractivity contribution in [3.63, 3.8) is 0 Å². The molecule has 2 heterocycles. The molecule has 0 radical (unpaired) electrons. The van der Waals surface area contributed by atoms with E-state index in [1.807, 2.05) is 0 Å². The number of nitrogens with two attached hydrogens (primary N) is 1. The molecule has 2 atom stereocenters. The lowest BCUT2D eigenvalue weighted by molar-refractivity contribution is 0.109. The molecule has 1 saturated carbocycles. The largest absolute Gasteiger partial charge is 0.294 e. The molecule has 3 aliphatic rings. The van der Waals surface area contributed by atoms with E-state index in [0.29, 0.717) is 6.04 Å². The van der Waals surface area contributed by atoms with Gasteiger partial charge in [0, 0.05) is 24.2 Å². The summed E-state index contributed by atoms with van der Waals surface area (Å²) in [4.78, 5) is 2.80. The van der Waals surface area contributed by atoms with Crippen molar-refractivity contribution in [2.45, 2.75) is 62.7 Å². The number of piperidine rings is 1. The molecule has 3 N–H and O–H groups in total. The van der Waals surface area contributed by atoms with Crippen LogP contribution in [0.25, 0.3) is 0 Å². The van der Waals surface area contributed by atoms with Crippen molar-refractivity contribution in [2.24, 2.45) is 5.84 Å². The van der Waals surface area contributed by atoms with Gasteiger partial charge in [0.1, 0.15) is 0 Å². The normalized spacial score (nSPS) is 39.4. The summed E-state index contributed by atoms with van der Waals surface area (Å²) in [5.41, 5.74) is 2.96. The molecule has 15 heavy (non-hydrogen) atoms. The minimum absolute atomic E-state index is 0. The van der Waals surface area contributed by atoms with Crippen LogP contribution in [0.2, 0.25) is 0 Å². The summed E-state index contributed by atoms with van der Waals surface area (Å²) in [5.74, 6) is 5.52. The van der Waals surface area contributed by atoms with Crippen LogP contribution in [0, 0.1) is 0 Å². The van der Waals surface area contributed by atoms with E-state index < -0.39 is 0 Å². The molecule has 3 rings (SSSR count). The minimum atomic E-state index is 0. The van der Waals surface area contributed by atoms with Crippen LogP contribution in [0.4, 0.5) is 0 Å². The van der Waals surface area contributed by atoms with Crippen molar-refractivity contribution in [3.05, 3.63) is 0 Å². The van der Waals surface area contributed by atoms with Crippen LogP contribution in [-0.2, 0) is 0 Å². The van der Waals surface area contributed by atoms with Crippen molar-refractivity contribution < 1.29 is 0 Å². The zero-order chi connectivity index (χ0) is 8.84. The van der Waals surface area contributed by atoms with E-state index in [0.717, 1.165) is 18.1 Å². The summed E-state index contributed by atoms with van der Waals surface area (Å²) < 4.78 is 0. The Kier molecular flexibility index (Phi) is 4.68. The van der Waals surface area contributed by atoms with E-state index in [1.54, 1.807) is 0 Å². The van der Waals surface area contributed by atoms with Gasteiger partial charge in [-0.15, -0.1) is 24.8 Å². The first-order valence-electron chi connectivity index (χ1n) is 5.62. The summed E-state index contributed by atoms with van der Waals surface area (Å²) >= 11 is 0. The Balaban J connectivity index is 0.000000562. The van der Waals surface area contributed by atoms with Crippen LogP contribution >= 0.6 is 24.8 Å². The number of nitrogens with zero attached hydrogens (tertiary/aromatic N) is 1. The number of rotatable bonds is 2. The quantitative estimate of drug-likeness (QED) is 0.579. The Morgan fingerprint density at radius 2 is 1.33 bits per heavy atom. The van der Waals surface area contributed by atoms with Crippen LogP contribution in [0.3, 0.4) is 0 Å². The van der Waals surface area contributed by atoms with Gasteiger partial charge in [-0.3, -0.25) is 16.2 Å². The average molecular weight is 254 g/mol. The highest BCUT2D eigenvalue weighted by molar-refractivity contribution is 5.85. The van der Waals surface area contributed by atoms with Crippen molar-refractivity contribution in [1.29, 1.82) is 0 Å². The first kappa shape index (κ1) is 13.5. The van der Waals surface area contributed by atoms with Gasteiger partial charge >= 0.3 is 0 Å². The fourth-order valence-electron chi connectivity index (χ4n) is 3.32. The second-order valence-corrected chi connectivity index (χ2v) is 4.90. The molecular formula is C10H21Cl2N3. The lowest BCUT2D eigenvalue weighted by atomic mass is 9.98. The van der Waals surface area contributed by atoms with Gasteiger partial charge < -0.3 is 0 Å². The summed E-state index contributed by atoms with van der Waals surface area (Å²) in [5, 5.41) is 0. The molecule has 5 heteroatoms. The number of hydrogen-bond donors (Lipinski definition) is 2. The molecule has 0 spiro atoms. The van der Waals surface area contributed by atoms with Crippen LogP contribution in [0.1, 0.15) is 38.5 Å². The molecule has 0 aromatic rings. The lowest BCUT2D eigenvalue weighted by Gasteiger charge is -2.38. The highest BCUT2D eigenvalue weighted by atomic mass is 35.5. The average Bonchev–Trinajstić information content (AvgIpc) is 2.95. The summed E-state index contributed by atoms with van der Waals surface area (Å²) in [6.45, 7) is 0. The molecule has 90 valence electrons. The smallest absolute Gasteiger partial charge is 0.0240 e. The fraction of sp³-hybridized carbons (Fsp3) is 1.00. The second kappa shape index (κ2) is 5.19. The van der Waals surface area contributed by atoms with Gasteiger partial charge in [0.2, 0.25) is 0 Å². The third-order valence-corrected chi connectivity index (χ3v) is 3.99.